The molecule has 1 aromatic rings. The molecule has 1 aromatic carbocycles. The highest BCUT2D eigenvalue weighted by atomic mass is 19.4. The number of likely N-dealkylation sites (N-methyl/N-ethyl adjacent to an activating group) is 1. The van der Waals surface area contributed by atoms with E-state index >= 15 is 0 Å². The molecule has 5 heteroatoms. The summed E-state index contributed by atoms with van der Waals surface area (Å²) in [6, 6.07) is 5.94. The first-order valence-electron chi connectivity index (χ1n) is 10.0. The number of benzene rings is 1. The molecule has 0 spiro atoms. The molecular formula is C22H33F3N2. The number of likely N-dealkylation sites (tertiary alicyclic amines) is 1. The summed E-state index contributed by atoms with van der Waals surface area (Å²) in [6.07, 6.45) is 0.0578. The van der Waals surface area contributed by atoms with Gasteiger partial charge in [-0.2, -0.15) is 13.2 Å². The lowest BCUT2D eigenvalue weighted by atomic mass is 9.60. The fourth-order valence-corrected chi connectivity index (χ4v) is 5.00. The van der Waals surface area contributed by atoms with E-state index in [1.807, 2.05) is 6.07 Å². The quantitative estimate of drug-likeness (QED) is 0.691. The Kier molecular flexibility index (Phi) is 5.41. The van der Waals surface area contributed by atoms with Crippen molar-refractivity contribution in [3.63, 3.8) is 0 Å². The van der Waals surface area contributed by atoms with Crippen LogP contribution in [0, 0.1) is 5.92 Å². The summed E-state index contributed by atoms with van der Waals surface area (Å²) in [5.41, 5.74) is 0.594. The van der Waals surface area contributed by atoms with E-state index in [1.165, 1.54) is 25.0 Å². The Labute approximate surface area is 161 Å². The minimum absolute atomic E-state index is 0.129. The van der Waals surface area contributed by atoms with Crippen molar-refractivity contribution in [2.75, 3.05) is 27.2 Å². The Morgan fingerprint density at radius 3 is 2.33 bits per heavy atom. The molecule has 0 N–H and O–H groups in total. The molecule has 0 bridgehead atoms. The fourth-order valence-electron chi connectivity index (χ4n) is 5.00. The lowest BCUT2D eigenvalue weighted by molar-refractivity contribution is -0.137. The van der Waals surface area contributed by atoms with Crippen molar-refractivity contribution in [1.29, 1.82) is 0 Å². The largest absolute Gasteiger partial charge is 0.416 e. The van der Waals surface area contributed by atoms with Gasteiger partial charge in [-0.25, -0.2) is 0 Å². The van der Waals surface area contributed by atoms with Crippen LogP contribution in [-0.4, -0.2) is 48.1 Å². The fraction of sp³-hybridized carbons (Fsp3) is 0.727. The van der Waals surface area contributed by atoms with Gasteiger partial charge in [0.2, 0.25) is 0 Å². The number of halogens is 3. The number of alkyl halides is 3. The van der Waals surface area contributed by atoms with Crippen molar-refractivity contribution in [3.05, 3.63) is 35.4 Å². The van der Waals surface area contributed by atoms with Gasteiger partial charge in [0.1, 0.15) is 0 Å². The average Bonchev–Trinajstić information content (AvgIpc) is 2.52. The maximum Gasteiger partial charge on any atom is 0.416 e. The van der Waals surface area contributed by atoms with Crippen LogP contribution in [0.25, 0.3) is 0 Å². The van der Waals surface area contributed by atoms with E-state index < -0.39 is 11.7 Å². The molecule has 2 aliphatic rings. The Morgan fingerprint density at radius 2 is 1.78 bits per heavy atom. The summed E-state index contributed by atoms with van der Waals surface area (Å²) in [7, 11) is 4.34. The maximum absolute atomic E-state index is 13.0. The zero-order chi connectivity index (χ0) is 20.0. The molecule has 0 amide bonds. The minimum Gasteiger partial charge on any atom is -0.302 e. The van der Waals surface area contributed by atoms with E-state index in [1.54, 1.807) is 6.07 Å². The third kappa shape index (κ3) is 4.04. The number of rotatable bonds is 3. The molecule has 0 aromatic heterocycles. The van der Waals surface area contributed by atoms with E-state index in [-0.39, 0.29) is 17.0 Å². The number of hydrogen-bond donors (Lipinski definition) is 0. The molecule has 0 unspecified atom stereocenters. The van der Waals surface area contributed by atoms with Crippen LogP contribution in [0.1, 0.15) is 63.5 Å². The summed E-state index contributed by atoms with van der Waals surface area (Å²) in [4.78, 5) is 4.96. The zero-order valence-electron chi connectivity index (χ0n) is 17.2. The van der Waals surface area contributed by atoms with Crippen LogP contribution in [-0.2, 0) is 6.18 Å². The molecule has 2 nitrogen and oxygen atoms in total. The van der Waals surface area contributed by atoms with Gasteiger partial charge in [-0.05, 0) is 90.6 Å². The average molecular weight is 383 g/mol. The summed E-state index contributed by atoms with van der Waals surface area (Å²) >= 11 is 0. The van der Waals surface area contributed by atoms with Gasteiger partial charge in [-0.3, -0.25) is 4.90 Å². The molecule has 1 aliphatic carbocycles. The first kappa shape index (κ1) is 20.7. The molecule has 1 heterocycles. The Balaban J connectivity index is 1.75. The molecule has 3 rings (SSSR count). The van der Waals surface area contributed by atoms with Crippen LogP contribution >= 0.6 is 0 Å². The smallest absolute Gasteiger partial charge is 0.302 e. The second-order valence-corrected chi connectivity index (χ2v) is 9.68. The molecule has 2 fully saturated rings. The molecule has 1 atom stereocenters. The standard InChI is InChI=1S/C22H33F3N2/c1-20(2,3)27-11-7-10-21(15-27,26(4)5)19-13-17(14-19)16-8-6-9-18(12-16)22(23,24)25/h6,8-9,12,17,19H,7,10-11,13-15H2,1-5H3/t17?,19?,21-/m0/s1. The van der Waals surface area contributed by atoms with E-state index in [0.29, 0.717) is 5.92 Å². The third-order valence-corrected chi connectivity index (χ3v) is 6.93. The Hall–Kier alpha value is -1.07. The number of nitrogens with zero attached hydrogens (tertiary/aromatic N) is 2. The van der Waals surface area contributed by atoms with Crippen LogP contribution in [0.5, 0.6) is 0 Å². The van der Waals surface area contributed by atoms with Gasteiger partial charge < -0.3 is 4.90 Å². The van der Waals surface area contributed by atoms with Gasteiger partial charge in [0, 0.05) is 17.6 Å². The van der Waals surface area contributed by atoms with Crippen molar-refractivity contribution in [2.24, 2.45) is 5.92 Å². The second-order valence-electron chi connectivity index (χ2n) is 9.68. The minimum atomic E-state index is -4.26. The molecular weight excluding hydrogens is 349 g/mol. The van der Waals surface area contributed by atoms with E-state index in [2.05, 4.69) is 44.7 Å². The summed E-state index contributed by atoms with van der Waals surface area (Å²) in [5, 5.41) is 0. The number of piperidine rings is 1. The summed E-state index contributed by atoms with van der Waals surface area (Å²) in [6.45, 7) is 8.98. The van der Waals surface area contributed by atoms with Crippen LogP contribution in [0.15, 0.2) is 24.3 Å². The highest BCUT2D eigenvalue weighted by Gasteiger charge is 2.50. The van der Waals surface area contributed by atoms with Crippen molar-refractivity contribution in [3.8, 4) is 0 Å². The van der Waals surface area contributed by atoms with E-state index in [4.69, 9.17) is 0 Å². The predicted octanol–water partition coefficient (Wildman–Crippen LogP) is 5.39. The zero-order valence-corrected chi connectivity index (χ0v) is 17.2. The third-order valence-electron chi connectivity index (χ3n) is 6.93. The van der Waals surface area contributed by atoms with Gasteiger partial charge in [-0.15, -0.1) is 0 Å². The SMILES string of the molecule is CN(C)[C@@]1(C2CC(c3cccc(C(F)(F)F)c3)C2)CCCN(C(C)(C)C)C1. The lowest BCUT2D eigenvalue weighted by Crippen LogP contribution is -2.65. The first-order chi connectivity index (χ1) is 12.4. The second kappa shape index (κ2) is 7.07. The summed E-state index contributed by atoms with van der Waals surface area (Å²) < 4.78 is 39.1. The Bertz CT molecular complexity index is 656. The van der Waals surface area contributed by atoms with Gasteiger partial charge in [0.05, 0.1) is 5.56 Å². The molecule has 1 saturated heterocycles. The number of hydrogen-bond acceptors (Lipinski definition) is 2. The predicted molar refractivity (Wildman–Crippen MR) is 104 cm³/mol. The van der Waals surface area contributed by atoms with E-state index in [9.17, 15) is 13.2 Å². The van der Waals surface area contributed by atoms with Crippen molar-refractivity contribution >= 4 is 0 Å². The van der Waals surface area contributed by atoms with Crippen LogP contribution in [0.3, 0.4) is 0 Å². The normalized spacial score (nSPS) is 30.4. The molecule has 27 heavy (non-hydrogen) atoms. The monoisotopic (exact) mass is 382 g/mol. The van der Waals surface area contributed by atoms with Crippen molar-refractivity contribution in [1.82, 2.24) is 9.80 Å². The van der Waals surface area contributed by atoms with Gasteiger partial charge >= 0.3 is 6.18 Å². The first-order valence-corrected chi connectivity index (χ1v) is 10.0. The highest BCUT2D eigenvalue weighted by molar-refractivity contribution is 5.30. The van der Waals surface area contributed by atoms with Crippen LogP contribution < -0.4 is 0 Å². The van der Waals surface area contributed by atoms with Gasteiger partial charge in [0.25, 0.3) is 0 Å². The van der Waals surface area contributed by atoms with E-state index in [0.717, 1.165) is 31.5 Å². The van der Waals surface area contributed by atoms with Crippen LogP contribution in [0.4, 0.5) is 13.2 Å². The van der Waals surface area contributed by atoms with Crippen LogP contribution in [0.2, 0.25) is 0 Å². The van der Waals surface area contributed by atoms with Gasteiger partial charge in [-0.1, -0.05) is 18.2 Å². The molecule has 1 saturated carbocycles. The van der Waals surface area contributed by atoms with Crippen molar-refractivity contribution in [2.45, 2.75) is 69.6 Å². The molecule has 0 radical (unpaired) electrons. The van der Waals surface area contributed by atoms with Crippen molar-refractivity contribution < 1.29 is 13.2 Å². The maximum atomic E-state index is 13.0. The highest BCUT2D eigenvalue weighted by Crippen LogP contribution is 2.51. The summed E-state index contributed by atoms with van der Waals surface area (Å²) in [5.74, 6) is 0.788. The van der Waals surface area contributed by atoms with Gasteiger partial charge in [0.15, 0.2) is 0 Å². The molecule has 152 valence electrons. The topological polar surface area (TPSA) is 6.48 Å². The lowest BCUT2D eigenvalue weighted by Gasteiger charge is -2.58. The Morgan fingerprint density at radius 1 is 1.11 bits per heavy atom. The molecule has 1 aliphatic heterocycles.